The lowest BCUT2D eigenvalue weighted by Crippen LogP contribution is -2.29. The Hall–Kier alpha value is -3.88. The van der Waals surface area contributed by atoms with Crippen molar-refractivity contribution in [2.24, 2.45) is 0 Å². The smallest absolute Gasteiger partial charge is 0.261 e. The molecular weight excluding hydrogens is 504 g/mol. The number of pyridine rings is 2. The molecule has 1 fully saturated rings. The summed E-state index contributed by atoms with van der Waals surface area (Å²) < 4.78 is 1.69. The average Bonchev–Trinajstić information content (AvgIpc) is 3.40. The van der Waals surface area contributed by atoms with Crippen molar-refractivity contribution in [2.75, 3.05) is 25.5 Å². The summed E-state index contributed by atoms with van der Waals surface area (Å²) in [7, 11) is 2.19. The molecule has 0 aliphatic carbocycles. The normalized spacial score (nSPS) is 14.6. The van der Waals surface area contributed by atoms with Gasteiger partial charge in [-0.25, -0.2) is 4.98 Å². The van der Waals surface area contributed by atoms with E-state index < -0.39 is 0 Å². The summed E-state index contributed by atoms with van der Waals surface area (Å²) in [4.78, 5) is 32.2. The lowest BCUT2D eigenvalue weighted by atomic mass is 9.89. The van der Waals surface area contributed by atoms with Crippen molar-refractivity contribution in [3.05, 3.63) is 87.8 Å². The minimum atomic E-state index is -0.107. The molecule has 7 nitrogen and oxygen atoms in total. The highest BCUT2D eigenvalue weighted by atomic mass is 32.1. The molecule has 0 unspecified atom stereocenters. The van der Waals surface area contributed by atoms with Gasteiger partial charge in [-0.2, -0.15) is 4.98 Å². The van der Waals surface area contributed by atoms with E-state index in [1.54, 1.807) is 22.1 Å². The van der Waals surface area contributed by atoms with Crippen molar-refractivity contribution in [2.45, 2.75) is 39.2 Å². The van der Waals surface area contributed by atoms with Crippen molar-refractivity contribution in [3.63, 3.8) is 0 Å². The van der Waals surface area contributed by atoms with Crippen LogP contribution in [0.5, 0.6) is 0 Å². The predicted molar refractivity (Wildman–Crippen MR) is 160 cm³/mol. The van der Waals surface area contributed by atoms with Crippen LogP contribution in [-0.4, -0.2) is 44.6 Å². The molecule has 8 heteroatoms. The number of fused-ring (bicyclic) bond motifs is 1. The summed E-state index contributed by atoms with van der Waals surface area (Å²) >= 11 is 1.73. The van der Waals surface area contributed by atoms with Gasteiger partial charge < -0.3 is 10.2 Å². The fraction of sp³-hybridized carbons (Fsp3) is 0.290. The standard InChI is InChI=1S/C31H32N6OS/c1-4-37-29-24(17-26(30(37)38)27-11-8-23(18-32-27)28-12-5-20(2)39-28)19-33-31(35-29)34-25-9-6-21(7-10-25)22-13-15-36(3)16-14-22/h5-12,17-19,22H,4,13-16H2,1-3H3,(H,33,34,35). The topological polar surface area (TPSA) is 75.9 Å². The molecule has 1 aliphatic heterocycles. The van der Waals surface area contributed by atoms with Crippen molar-refractivity contribution >= 4 is 34.0 Å². The fourth-order valence-electron chi connectivity index (χ4n) is 5.29. The van der Waals surface area contributed by atoms with Gasteiger partial charge in [0.2, 0.25) is 5.95 Å². The minimum absolute atomic E-state index is 0.107. The number of likely N-dealkylation sites (tertiary alicyclic amines) is 1. The number of hydrogen-bond acceptors (Lipinski definition) is 7. The second kappa shape index (κ2) is 10.7. The summed E-state index contributed by atoms with van der Waals surface area (Å²) in [6.07, 6.45) is 6.00. The Morgan fingerprint density at radius 3 is 2.46 bits per heavy atom. The Morgan fingerprint density at radius 2 is 1.79 bits per heavy atom. The average molecular weight is 537 g/mol. The van der Waals surface area contributed by atoms with Crippen LogP contribution in [0, 0.1) is 6.92 Å². The number of benzene rings is 1. The Kier molecular flexibility index (Phi) is 6.97. The zero-order valence-electron chi connectivity index (χ0n) is 22.5. The van der Waals surface area contributed by atoms with Gasteiger partial charge in [0.1, 0.15) is 5.65 Å². The molecule has 5 heterocycles. The van der Waals surface area contributed by atoms with Crippen molar-refractivity contribution < 1.29 is 0 Å². The predicted octanol–water partition coefficient (Wildman–Crippen LogP) is 6.46. The number of thiophene rings is 1. The van der Waals surface area contributed by atoms with Gasteiger partial charge in [0, 0.05) is 45.3 Å². The van der Waals surface area contributed by atoms with Crippen LogP contribution in [0.3, 0.4) is 0 Å². The van der Waals surface area contributed by atoms with E-state index in [0.717, 1.165) is 29.7 Å². The van der Waals surface area contributed by atoms with E-state index >= 15 is 0 Å². The van der Waals surface area contributed by atoms with Crippen molar-refractivity contribution in [3.8, 4) is 21.7 Å². The Labute approximate surface area is 232 Å². The maximum Gasteiger partial charge on any atom is 0.261 e. The number of anilines is 2. The van der Waals surface area contributed by atoms with E-state index in [2.05, 4.69) is 70.6 Å². The first-order chi connectivity index (χ1) is 19.0. The van der Waals surface area contributed by atoms with Crippen LogP contribution in [0.2, 0.25) is 0 Å². The van der Waals surface area contributed by atoms with Crippen molar-refractivity contribution in [1.82, 2.24) is 24.4 Å². The Bertz CT molecular complexity index is 1660. The van der Waals surface area contributed by atoms with Gasteiger partial charge in [-0.15, -0.1) is 11.3 Å². The number of nitrogens with one attached hydrogen (secondary N) is 1. The molecular formula is C31H32N6OS. The van der Waals surface area contributed by atoms with E-state index in [4.69, 9.17) is 4.98 Å². The van der Waals surface area contributed by atoms with Gasteiger partial charge in [0.15, 0.2) is 0 Å². The number of hydrogen-bond donors (Lipinski definition) is 1. The van der Waals surface area contributed by atoms with Gasteiger partial charge in [-0.3, -0.25) is 14.3 Å². The second-order valence-electron chi connectivity index (χ2n) is 10.2. The summed E-state index contributed by atoms with van der Waals surface area (Å²) in [6, 6.07) is 18.6. The summed E-state index contributed by atoms with van der Waals surface area (Å²) in [5.41, 5.74) is 5.06. The first-order valence-electron chi connectivity index (χ1n) is 13.5. The maximum absolute atomic E-state index is 13.5. The largest absolute Gasteiger partial charge is 0.324 e. The second-order valence-corrected chi connectivity index (χ2v) is 11.5. The molecule has 1 N–H and O–H groups in total. The van der Waals surface area contributed by atoms with Crippen molar-refractivity contribution in [1.29, 1.82) is 0 Å². The van der Waals surface area contributed by atoms with Gasteiger partial charge in [0.25, 0.3) is 5.56 Å². The molecule has 0 spiro atoms. The third-order valence-corrected chi connectivity index (χ3v) is 8.61. The van der Waals surface area contributed by atoms with Crippen LogP contribution in [0.25, 0.3) is 32.7 Å². The molecule has 6 rings (SSSR count). The monoisotopic (exact) mass is 536 g/mol. The SMILES string of the molecule is CCn1c(=O)c(-c2ccc(-c3ccc(C)s3)cn2)cc2cnc(Nc3ccc(C4CCN(C)CC4)cc3)nc21. The highest BCUT2D eigenvalue weighted by Crippen LogP contribution is 2.30. The number of aryl methyl sites for hydroxylation is 2. The third-order valence-electron chi connectivity index (χ3n) is 7.56. The van der Waals surface area contributed by atoms with E-state index in [9.17, 15) is 4.79 Å². The highest BCUT2D eigenvalue weighted by Gasteiger charge is 2.18. The molecule has 39 heavy (non-hydrogen) atoms. The van der Waals surface area contributed by atoms with Crippen LogP contribution in [0.4, 0.5) is 11.6 Å². The highest BCUT2D eigenvalue weighted by molar-refractivity contribution is 7.15. The molecule has 0 bridgehead atoms. The molecule has 1 aromatic carbocycles. The summed E-state index contributed by atoms with van der Waals surface area (Å²) in [5, 5.41) is 4.12. The number of piperidine rings is 1. The van der Waals surface area contributed by atoms with Gasteiger partial charge in [-0.05, 0) is 101 Å². The van der Waals surface area contributed by atoms with E-state index in [-0.39, 0.29) is 5.56 Å². The first kappa shape index (κ1) is 25.4. The zero-order chi connectivity index (χ0) is 26.9. The third kappa shape index (κ3) is 5.22. The van der Waals surface area contributed by atoms with E-state index in [0.29, 0.717) is 35.3 Å². The molecule has 0 saturated carbocycles. The molecule has 0 radical (unpaired) electrons. The lowest BCUT2D eigenvalue weighted by molar-refractivity contribution is 0.255. The number of aromatic nitrogens is 4. The Balaban J connectivity index is 1.26. The molecule has 1 aliphatic rings. The van der Waals surface area contributed by atoms with Crippen LogP contribution in [0.15, 0.2) is 71.8 Å². The zero-order valence-corrected chi connectivity index (χ0v) is 23.3. The minimum Gasteiger partial charge on any atom is -0.324 e. The maximum atomic E-state index is 13.5. The fourth-order valence-corrected chi connectivity index (χ4v) is 6.15. The van der Waals surface area contributed by atoms with Crippen LogP contribution in [-0.2, 0) is 6.54 Å². The van der Waals surface area contributed by atoms with Gasteiger partial charge in [0.05, 0.1) is 11.3 Å². The van der Waals surface area contributed by atoms with Gasteiger partial charge in [-0.1, -0.05) is 12.1 Å². The van der Waals surface area contributed by atoms with Crippen LogP contribution < -0.4 is 10.9 Å². The van der Waals surface area contributed by atoms with E-state index in [1.807, 2.05) is 31.3 Å². The molecule has 0 atom stereocenters. The molecule has 0 amide bonds. The Morgan fingerprint density at radius 1 is 1.00 bits per heavy atom. The lowest BCUT2D eigenvalue weighted by Gasteiger charge is -2.29. The summed E-state index contributed by atoms with van der Waals surface area (Å²) in [5.74, 6) is 1.09. The number of rotatable bonds is 6. The van der Waals surface area contributed by atoms with Gasteiger partial charge >= 0.3 is 0 Å². The van der Waals surface area contributed by atoms with Crippen LogP contribution >= 0.6 is 11.3 Å². The molecule has 1 saturated heterocycles. The first-order valence-corrected chi connectivity index (χ1v) is 14.3. The molecule has 4 aromatic heterocycles. The van der Waals surface area contributed by atoms with Crippen LogP contribution in [0.1, 0.15) is 36.1 Å². The quantitative estimate of drug-likeness (QED) is 0.268. The molecule has 198 valence electrons. The number of nitrogens with zero attached hydrogens (tertiary/aromatic N) is 5. The molecule has 5 aromatic rings. The van der Waals surface area contributed by atoms with E-state index in [1.165, 1.54) is 28.2 Å². The summed E-state index contributed by atoms with van der Waals surface area (Å²) in [6.45, 7) is 6.84.